The Morgan fingerprint density at radius 3 is 2.71 bits per heavy atom. The summed E-state index contributed by atoms with van der Waals surface area (Å²) < 4.78 is 42.6. The predicted octanol–water partition coefficient (Wildman–Crippen LogP) is 2.46. The molecule has 2 aromatic heterocycles. The first-order chi connectivity index (χ1) is 11.3. The van der Waals surface area contributed by atoms with Crippen LogP contribution < -0.4 is 5.32 Å². The van der Waals surface area contributed by atoms with Crippen LogP contribution in [0.4, 0.5) is 13.2 Å². The third-order valence-corrected chi connectivity index (χ3v) is 3.96. The van der Waals surface area contributed by atoms with Crippen LogP contribution in [0.3, 0.4) is 0 Å². The van der Waals surface area contributed by atoms with E-state index in [2.05, 4.69) is 15.3 Å². The lowest BCUT2D eigenvalue weighted by Gasteiger charge is -2.26. The summed E-state index contributed by atoms with van der Waals surface area (Å²) in [6, 6.07) is 2.39. The highest BCUT2D eigenvalue weighted by atomic mass is 19.4. The molecule has 0 radical (unpaired) electrons. The van der Waals surface area contributed by atoms with Crippen molar-refractivity contribution in [2.24, 2.45) is 0 Å². The predicted molar refractivity (Wildman–Crippen MR) is 79.6 cm³/mol. The number of pyridine rings is 1. The molecule has 128 valence electrons. The summed E-state index contributed by atoms with van der Waals surface area (Å²) >= 11 is 0. The van der Waals surface area contributed by atoms with Gasteiger partial charge in [0.2, 0.25) is 0 Å². The van der Waals surface area contributed by atoms with Gasteiger partial charge in [0, 0.05) is 18.8 Å². The second-order valence-corrected chi connectivity index (χ2v) is 5.75. The molecule has 0 saturated carbocycles. The average Bonchev–Trinajstić information content (AvgIpc) is 2.84. The Morgan fingerprint density at radius 1 is 1.42 bits per heavy atom. The molecule has 3 rings (SSSR count). The maximum absolute atomic E-state index is 12.5. The van der Waals surface area contributed by atoms with Gasteiger partial charge < -0.3 is 15.0 Å². The van der Waals surface area contributed by atoms with Crippen LogP contribution in [0.2, 0.25) is 0 Å². The summed E-state index contributed by atoms with van der Waals surface area (Å²) in [5.41, 5.74) is 1.79. The Morgan fingerprint density at radius 2 is 2.17 bits per heavy atom. The standard InChI is InChI=1S/C16H16F3N3O2/c1-9-11(4-10-2-3-13(20-5-10)16(17,18)19)6-21-14(9)15(23)22-12-7-24-8-12/h2-3,5-6,12,21H,4,7-8H2,1H3,(H,22,23). The van der Waals surface area contributed by atoms with Gasteiger partial charge in [0.15, 0.2) is 0 Å². The molecule has 3 heterocycles. The third-order valence-electron chi connectivity index (χ3n) is 3.96. The molecular formula is C16H16F3N3O2. The zero-order chi connectivity index (χ0) is 17.3. The molecule has 0 unspecified atom stereocenters. The van der Waals surface area contributed by atoms with Gasteiger partial charge in [-0.1, -0.05) is 6.07 Å². The van der Waals surface area contributed by atoms with Gasteiger partial charge in [-0.25, -0.2) is 0 Å². The second-order valence-electron chi connectivity index (χ2n) is 5.75. The molecule has 2 N–H and O–H groups in total. The number of hydrogen-bond acceptors (Lipinski definition) is 3. The first kappa shape index (κ1) is 16.5. The highest BCUT2D eigenvalue weighted by Gasteiger charge is 2.32. The van der Waals surface area contributed by atoms with Crippen molar-refractivity contribution in [2.75, 3.05) is 13.2 Å². The fraction of sp³-hybridized carbons (Fsp3) is 0.375. The van der Waals surface area contributed by atoms with E-state index in [9.17, 15) is 18.0 Å². The number of aromatic nitrogens is 2. The highest BCUT2D eigenvalue weighted by molar-refractivity contribution is 5.94. The minimum absolute atomic E-state index is 0.0303. The molecule has 1 saturated heterocycles. The first-order valence-corrected chi connectivity index (χ1v) is 7.42. The molecule has 8 heteroatoms. The van der Waals surface area contributed by atoms with E-state index in [0.29, 0.717) is 30.9 Å². The normalized spacial score (nSPS) is 15.2. The van der Waals surface area contributed by atoms with Crippen LogP contribution in [0.1, 0.15) is 32.9 Å². The lowest BCUT2D eigenvalue weighted by molar-refractivity contribution is -0.141. The van der Waals surface area contributed by atoms with E-state index in [4.69, 9.17) is 4.74 Å². The van der Waals surface area contributed by atoms with Crippen molar-refractivity contribution < 1.29 is 22.7 Å². The molecule has 0 aromatic carbocycles. The molecule has 1 aliphatic rings. The number of H-pyrrole nitrogens is 1. The van der Waals surface area contributed by atoms with E-state index < -0.39 is 11.9 Å². The van der Waals surface area contributed by atoms with Crippen LogP contribution in [0.5, 0.6) is 0 Å². The Bertz CT molecular complexity index is 734. The first-order valence-electron chi connectivity index (χ1n) is 7.42. The molecule has 0 atom stereocenters. The molecule has 0 aliphatic carbocycles. The molecular weight excluding hydrogens is 323 g/mol. The molecule has 2 aromatic rings. The quantitative estimate of drug-likeness (QED) is 0.899. The minimum Gasteiger partial charge on any atom is -0.377 e. The summed E-state index contributed by atoms with van der Waals surface area (Å²) in [7, 11) is 0. The van der Waals surface area contributed by atoms with Crippen molar-refractivity contribution in [3.8, 4) is 0 Å². The maximum Gasteiger partial charge on any atom is 0.433 e. The van der Waals surface area contributed by atoms with Crippen LogP contribution in [0, 0.1) is 6.92 Å². The van der Waals surface area contributed by atoms with Gasteiger partial charge >= 0.3 is 6.18 Å². The number of carbonyl (C=O) groups excluding carboxylic acids is 1. The number of halogens is 3. The highest BCUT2D eigenvalue weighted by Crippen LogP contribution is 2.27. The van der Waals surface area contributed by atoms with E-state index in [-0.39, 0.29) is 11.9 Å². The molecule has 1 fully saturated rings. The van der Waals surface area contributed by atoms with E-state index in [1.54, 1.807) is 13.1 Å². The number of amides is 1. The van der Waals surface area contributed by atoms with E-state index in [1.165, 1.54) is 12.3 Å². The average molecular weight is 339 g/mol. The fourth-order valence-electron chi connectivity index (χ4n) is 2.45. The Balaban J connectivity index is 1.70. The topological polar surface area (TPSA) is 67.0 Å². The van der Waals surface area contributed by atoms with Gasteiger partial charge in [0.1, 0.15) is 11.4 Å². The van der Waals surface area contributed by atoms with Gasteiger partial charge in [-0.2, -0.15) is 13.2 Å². The largest absolute Gasteiger partial charge is 0.433 e. The van der Waals surface area contributed by atoms with Crippen molar-refractivity contribution in [1.82, 2.24) is 15.3 Å². The number of nitrogens with one attached hydrogen (secondary N) is 2. The van der Waals surface area contributed by atoms with Crippen molar-refractivity contribution in [3.05, 3.63) is 52.6 Å². The molecule has 24 heavy (non-hydrogen) atoms. The molecule has 0 spiro atoms. The lowest BCUT2D eigenvalue weighted by atomic mass is 10.0. The SMILES string of the molecule is Cc1c(Cc2ccc(C(F)(F)F)nc2)c[nH]c1C(=O)NC1COC1. The van der Waals surface area contributed by atoms with Crippen LogP contribution in [0.15, 0.2) is 24.5 Å². The molecule has 0 bridgehead atoms. The van der Waals surface area contributed by atoms with Crippen molar-refractivity contribution >= 4 is 5.91 Å². The van der Waals surface area contributed by atoms with Crippen LogP contribution >= 0.6 is 0 Å². The van der Waals surface area contributed by atoms with E-state index in [1.807, 2.05) is 0 Å². The number of alkyl halides is 3. The Hall–Kier alpha value is -2.35. The van der Waals surface area contributed by atoms with Gasteiger partial charge in [0.25, 0.3) is 5.91 Å². The molecule has 1 amide bonds. The van der Waals surface area contributed by atoms with E-state index in [0.717, 1.165) is 17.2 Å². The number of nitrogens with zero attached hydrogens (tertiary/aromatic N) is 1. The third kappa shape index (κ3) is 3.43. The van der Waals surface area contributed by atoms with Crippen molar-refractivity contribution in [3.63, 3.8) is 0 Å². The lowest BCUT2D eigenvalue weighted by Crippen LogP contribution is -2.48. The van der Waals surface area contributed by atoms with Crippen molar-refractivity contribution in [1.29, 1.82) is 0 Å². The van der Waals surface area contributed by atoms with Gasteiger partial charge in [-0.05, 0) is 29.7 Å². The molecule has 5 nitrogen and oxygen atoms in total. The van der Waals surface area contributed by atoms with Crippen LogP contribution in [0.25, 0.3) is 0 Å². The molecule has 1 aliphatic heterocycles. The Labute approximate surface area is 136 Å². The van der Waals surface area contributed by atoms with Gasteiger partial charge in [0.05, 0.1) is 19.3 Å². The number of aromatic amines is 1. The summed E-state index contributed by atoms with van der Waals surface area (Å²) in [5.74, 6) is -0.211. The summed E-state index contributed by atoms with van der Waals surface area (Å²) in [5, 5.41) is 2.84. The zero-order valence-electron chi connectivity index (χ0n) is 12.9. The smallest absolute Gasteiger partial charge is 0.377 e. The second kappa shape index (κ2) is 6.27. The summed E-state index contributed by atoms with van der Waals surface area (Å²) in [6.07, 6.45) is -1.15. The maximum atomic E-state index is 12.5. The number of hydrogen-bond donors (Lipinski definition) is 2. The monoisotopic (exact) mass is 339 g/mol. The number of carbonyl (C=O) groups is 1. The summed E-state index contributed by atoms with van der Waals surface area (Å²) in [4.78, 5) is 18.5. The van der Waals surface area contributed by atoms with Gasteiger partial charge in [-0.15, -0.1) is 0 Å². The zero-order valence-corrected chi connectivity index (χ0v) is 12.9. The summed E-state index contributed by atoms with van der Waals surface area (Å²) in [6.45, 7) is 2.82. The van der Waals surface area contributed by atoms with Crippen LogP contribution in [-0.4, -0.2) is 35.1 Å². The van der Waals surface area contributed by atoms with Gasteiger partial charge in [-0.3, -0.25) is 9.78 Å². The number of ether oxygens (including phenoxy) is 1. The van der Waals surface area contributed by atoms with E-state index >= 15 is 0 Å². The van der Waals surface area contributed by atoms with Crippen molar-refractivity contribution in [2.45, 2.75) is 25.6 Å². The fourth-order valence-corrected chi connectivity index (χ4v) is 2.45. The number of rotatable bonds is 4. The van der Waals surface area contributed by atoms with Crippen LogP contribution in [-0.2, 0) is 17.3 Å². The Kier molecular flexibility index (Phi) is 4.31. The minimum atomic E-state index is -4.45.